The third-order valence-electron chi connectivity index (χ3n) is 4.28. The number of nitrogens with one attached hydrogen (secondary N) is 1. The average molecular weight is 366 g/mol. The van der Waals surface area contributed by atoms with Crippen LogP contribution in [-0.4, -0.2) is 24.6 Å². The lowest BCUT2D eigenvalue weighted by molar-refractivity contribution is 0.0949. The molecule has 0 atom stereocenters. The van der Waals surface area contributed by atoms with Gasteiger partial charge in [-0.25, -0.2) is 0 Å². The first-order valence-corrected chi connectivity index (χ1v) is 8.30. The number of amides is 1. The van der Waals surface area contributed by atoms with E-state index in [0.29, 0.717) is 40.0 Å². The third kappa shape index (κ3) is 2.91. The van der Waals surface area contributed by atoms with E-state index in [4.69, 9.17) is 23.5 Å². The van der Waals surface area contributed by atoms with Gasteiger partial charge in [0.05, 0.1) is 6.54 Å². The van der Waals surface area contributed by atoms with Crippen molar-refractivity contribution in [2.24, 2.45) is 0 Å². The van der Waals surface area contributed by atoms with Gasteiger partial charge < -0.3 is 28.8 Å². The van der Waals surface area contributed by atoms with Crippen LogP contribution in [0.15, 0.2) is 47.0 Å². The number of rotatable bonds is 4. The summed E-state index contributed by atoms with van der Waals surface area (Å²) in [5.41, 5.74) is 1.91. The van der Waals surface area contributed by atoms with E-state index in [0.717, 1.165) is 5.56 Å². The average Bonchev–Trinajstić information content (AvgIpc) is 3.44. The number of aromatic nitrogens is 1. The van der Waals surface area contributed by atoms with E-state index in [1.54, 1.807) is 24.3 Å². The lowest BCUT2D eigenvalue weighted by atomic mass is 10.1. The van der Waals surface area contributed by atoms with E-state index in [2.05, 4.69) is 10.5 Å². The van der Waals surface area contributed by atoms with Crippen LogP contribution in [0.5, 0.6) is 23.0 Å². The molecule has 2 aliphatic heterocycles. The maximum absolute atomic E-state index is 12.3. The summed E-state index contributed by atoms with van der Waals surface area (Å²) in [5.74, 6) is 2.92. The van der Waals surface area contributed by atoms with Gasteiger partial charge in [0.2, 0.25) is 13.6 Å². The van der Waals surface area contributed by atoms with Crippen molar-refractivity contribution in [1.82, 2.24) is 10.5 Å². The smallest absolute Gasteiger partial charge is 0.251 e. The summed E-state index contributed by atoms with van der Waals surface area (Å²) in [5, 5.41) is 6.81. The first kappa shape index (κ1) is 15.6. The summed E-state index contributed by atoms with van der Waals surface area (Å²) in [6.07, 6.45) is 0. The summed E-state index contributed by atoms with van der Waals surface area (Å²) in [7, 11) is 0. The van der Waals surface area contributed by atoms with Gasteiger partial charge in [-0.2, -0.15) is 0 Å². The number of carbonyl (C=O) groups excluding carboxylic acids is 1. The molecule has 8 nitrogen and oxygen atoms in total. The van der Waals surface area contributed by atoms with Crippen molar-refractivity contribution in [3.05, 3.63) is 53.7 Å². The number of fused-ring (bicyclic) bond motifs is 2. The highest BCUT2D eigenvalue weighted by Gasteiger charge is 2.18. The fraction of sp³-hybridized carbons (Fsp3) is 0.158. The van der Waals surface area contributed by atoms with Crippen LogP contribution in [0, 0.1) is 0 Å². The van der Waals surface area contributed by atoms with Crippen LogP contribution in [-0.2, 0) is 6.54 Å². The van der Waals surface area contributed by atoms with E-state index >= 15 is 0 Å². The molecule has 0 bridgehead atoms. The van der Waals surface area contributed by atoms with Crippen molar-refractivity contribution in [1.29, 1.82) is 0 Å². The van der Waals surface area contributed by atoms with E-state index in [1.807, 2.05) is 18.2 Å². The zero-order valence-corrected chi connectivity index (χ0v) is 14.1. The number of hydrogen-bond acceptors (Lipinski definition) is 7. The molecule has 5 rings (SSSR count). The Labute approximate surface area is 153 Å². The first-order chi connectivity index (χ1) is 13.3. The SMILES string of the molecule is O=C(NCc1cc(-c2ccc3c(c2)OCO3)on1)c1ccc2c(c1)OCO2. The minimum Gasteiger partial charge on any atom is -0.454 e. The van der Waals surface area contributed by atoms with E-state index in [9.17, 15) is 4.79 Å². The van der Waals surface area contributed by atoms with Crippen molar-refractivity contribution in [3.8, 4) is 34.3 Å². The number of carbonyl (C=O) groups is 1. The molecule has 0 radical (unpaired) electrons. The predicted molar refractivity (Wildman–Crippen MR) is 91.8 cm³/mol. The van der Waals surface area contributed by atoms with E-state index in [1.165, 1.54) is 0 Å². The lowest BCUT2D eigenvalue weighted by Gasteiger charge is -2.04. The monoisotopic (exact) mass is 366 g/mol. The summed E-state index contributed by atoms with van der Waals surface area (Å²) in [6, 6.07) is 12.3. The molecule has 1 aromatic heterocycles. The molecule has 2 aliphatic rings. The Bertz CT molecular complexity index is 1030. The van der Waals surface area contributed by atoms with Crippen LogP contribution >= 0.6 is 0 Å². The summed E-state index contributed by atoms with van der Waals surface area (Å²) < 4.78 is 26.6. The number of nitrogens with zero attached hydrogens (tertiary/aromatic N) is 1. The number of hydrogen-bond donors (Lipinski definition) is 1. The molecule has 1 amide bonds. The highest BCUT2D eigenvalue weighted by atomic mass is 16.7. The Morgan fingerprint density at radius 3 is 2.41 bits per heavy atom. The van der Waals surface area contributed by atoms with Crippen LogP contribution in [0.25, 0.3) is 11.3 Å². The predicted octanol–water partition coefficient (Wildman–Crippen LogP) is 2.73. The first-order valence-electron chi connectivity index (χ1n) is 8.30. The zero-order valence-electron chi connectivity index (χ0n) is 14.1. The highest BCUT2D eigenvalue weighted by molar-refractivity contribution is 5.94. The van der Waals surface area contributed by atoms with Crippen molar-refractivity contribution in [3.63, 3.8) is 0 Å². The van der Waals surface area contributed by atoms with Gasteiger partial charge in [0.1, 0.15) is 5.69 Å². The largest absolute Gasteiger partial charge is 0.454 e. The molecule has 0 saturated carbocycles. The number of ether oxygens (including phenoxy) is 4. The van der Waals surface area contributed by atoms with Crippen molar-refractivity contribution in [2.45, 2.75) is 6.54 Å². The molecule has 1 N–H and O–H groups in total. The summed E-state index contributed by atoms with van der Waals surface area (Å²) in [4.78, 5) is 12.3. The standard InChI is InChI=1S/C19H14N2O6/c22-19(12-2-4-15-18(6-12)26-10-24-15)20-8-13-7-16(27-21-13)11-1-3-14-17(5-11)25-9-23-14/h1-7H,8-10H2,(H,20,22). The van der Waals surface area contributed by atoms with Crippen LogP contribution in [0.1, 0.15) is 16.1 Å². The van der Waals surface area contributed by atoms with E-state index < -0.39 is 0 Å². The lowest BCUT2D eigenvalue weighted by Crippen LogP contribution is -2.22. The Morgan fingerprint density at radius 1 is 0.889 bits per heavy atom. The molecule has 0 aliphatic carbocycles. The molecular formula is C19H14N2O6. The Hall–Kier alpha value is -3.68. The Kier molecular flexibility index (Phi) is 3.60. The van der Waals surface area contributed by atoms with Gasteiger partial charge in [-0.05, 0) is 36.4 Å². The van der Waals surface area contributed by atoms with Crippen molar-refractivity contribution < 1.29 is 28.3 Å². The third-order valence-corrected chi connectivity index (χ3v) is 4.28. The molecule has 3 aromatic rings. The van der Waals surface area contributed by atoms with Crippen molar-refractivity contribution >= 4 is 5.91 Å². The Morgan fingerprint density at radius 2 is 1.59 bits per heavy atom. The van der Waals surface area contributed by atoms with E-state index in [-0.39, 0.29) is 26.0 Å². The molecule has 2 aromatic carbocycles. The molecule has 27 heavy (non-hydrogen) atoms. The van der Waals surface area contributed by atoms with Gasteiger partial charge in [-0.3, -0.25) is 4.79 Å². The fourth-order valence-electron chi connectivity index (χ4n) is 2.89. The minimum absolute atomic E-state index is 0.169. The molecule has 136 valence electrons. The molecule has 0 spiro atoms. The second kappa shape index (κ2) is 6.24. The number of benzene rings is 2. The molecule has 0 unspecified atom stereocenters. The molecule has 0 fully saturated rings. The summed E-state index contributed by atoms with van der Waals surface area (Å²) in [6.45, 7) is 0.621. The van der Waals surface area contributed by atoms with Crippen LogP contribution in [0.4, 0.5) is 0 Å². The molecular weight excluding hydrogens is 352 g/mol. The quantitative estimate of drug-likeness (QED) is 0.759. The topological polar surface area (TPSA) is 92.1 Å². The van der Waals surface area contributed by atoms with Crippen molar-refractivity contribution in [2.75, 3.05) is 13.6 Å². The van der Waals surface area contributed by atoms with Crippen LogP contribution in [0.3, 0.4) is 0 Å². The minimum atomic E-state index is -0.235. The van der Waals surface area contributed by atoms with Gasteiger partial charge in [0, 0.05) is 17.2 Å². The molecule has 3 heterocycles. The van der Waals surface area contributed by atoms with Gasteiger partial charge in [0.25, 0.3) is 5.91 Å². The summed E-state index contributed by atoms with van der Waals surface area (Å²) >= 11 is 0. The highest BCUT2D eigenvalue weighted by Crippen LogP contribution is 2.36. The van der Waals surface area contributed by atoms with Gasteiger partial charge in [0.15, 0.2) is 28.8 Å². The second-order valence-electron chi connectivity index (χ2n) is 6.00. The zero-order chi connectivity index (χ0) is 18.2. The second-order valence-corrected chi connectivity index (χ2v) is 6.00. The molecule has 0 saturated heterocycles. The van der Waals surface area contributed by atoms with Gasteiger partial charge in [-0.15, -0.1) is 0 Å². The van der Waals surface area contributed by atoms with Crippen LogP contribution < -0.4 is 24.3 Å². The maximum atomic E-state index is 12.3. The normalized spacial score (nSPS) is 13.6. The Balaban J connectivity index is 1.26. The van der Waals surface area contributed by atoms with Crippen LogP contribution in [0.2, 0.25) is 0 Å². The fourth-order valence-corrected chi connectivity index (χ4v) is 2.89. The van der Waals surface area contributed by atoms with Gasteiger partial charge >= 0.3 is 0 Å². The maximum Gasteiger partial charge on any atom is 0.251 e. The van der Waals surface area contributed by atoms with Gasteiger partial charge in [-0.1, -0.05) is 5.16 Å². The molecule has 8 heteroatoms.